The minimum absolute atomic E-state index is 0.0412. The molecule has 27 heavy (non-hydrogen) atoms. The van der Waals surface area contributed by atoms with Gasteiger partial charge in [-0.25, -0.2) is 4.68 Å². The maximum Gasteiger partial charge on any atom is 0.268 e. The van der Waals surface area contributed by atoms with Gasteiger partial charge in [0.05, 0.1) is 11.9 Å². The first-order valence-electron chi connectivity index (χ1n) is 9.13. The first kappa shape index (κ1) is 17.3. The van der Waals surface area contributed by atoms with E-state index in [-0.39, 0.29) is 11.5 Å². The number of hydrogen-bond acceptors (Lipinski definition) is 4. The zero-order valence-electron chi connectivity index (χ0n) is 15.6. The Hall–Kier alpha value is -3.09. The summed E-state index contributed by atoms with van der Waals surface area (Å²) in [5.41, 5.74) is 2.49. The third-order valence-corrected chi connectivity index (χ3v) is 5.33. The van der Waals surface area contributed by atoms with Gasteiger partial charge in [-0.3, -0.25) is 9.59 Å². The molecule has 2 aromatic heterocycles. The van der Waals surface area contributed by atoms with Gasteiger partial charge in [-0.2, -0.15) is 5.10 Å². The predicted molar refractivity (Wildman–Crippen MR) is 105 cm³/mol. The van der Waals surface area contributed by atoms with Crippen LogP contribution in [0.5, 0.6) is 0 Å². The Balaban J connectivity index is 1.40. The minimum Gasteiger partial charge on any atom is -0.370 e. The molecule has 0 saturated carbocycles. The normalized spacial score (nSPS) is 16.8. The Morgan fingerprint density at radius 3 is 2.96 bits per heavy atom. The summed E-state index contributed by atoms with van der Waals surface area (Å²) in [4.78, 5) is 26.6. The third-order valence-electron chi connectivity index (χ3n) is 5.33. The van der Waals surface area contributed by atoms with Gasteiger partial charge in [0.1, 0.15) is 0 Å². The molecule has 0 unspecified atom stereocenters. The van der Waals surface area contributed by atoms with Gasteiger partial charge in [0, 0.05) is 62.5 Å². The van der Waals surface area contributed by atoms with Crippen molar-refractivity contribution in [2.24, 2.45) is 20.0 Å². The van der Waals surface area contributed by atoms with Gasteiger partial charge < -0.3 is 14.8 Å². The second-order valence-corrected chi connectivity index (χ2v) is 7.15. The van der Waals surface area contributed by atoms with Gasteiger partial charge in [0.15, 0.2) is 0 Å². The molecular formula is C20H23N5O2. The van der Waals surface area contributed by atoms with Crippen LogP contribution >= 0.6 is 0 Å². The number of fused-ring (bicyclic) bond motifs is 1. The second kappa shape index (κ2) is 6.90. The van der Waals surface area contributed by atoms with Crippen LogP contribution < -0.4 is 15.8 Å². The van der Waals surface area contributed by atoms with Crippen LogP contribution in [0, 0.1) is 5.92 Å². The predicted octanol–water partition coefficient (Wildman–Crippen LogP) is 1.53. The fourth-order valence-corrected chi connectivity index (χ4v) is 3.70. The van der Waals surface area contributed by atoms with Crippen molar-refractivity contribution in [3.8, 4) is 0 Å². The Bertz CT molecular complexity index is 1050. The molecule has 0 aliphatic carbocycles. The molecule has 3 heterocycles. The number of carbonyl (C=O) groups excluding carboxylic acids is 1. The molecule has 1 aromatic carbocycles. The van der Waals surface area contributed by atoms with Crippen molar-refractivity contribution in [1.82, 2.24) is 19.7 Å². The number of carbonyl (C=O) groups is 1. The quantitative estimate of drug-likeness (QED) is 0.761. The lowest BCUT2D eigenvalue weighted by Crippen LogP contribution is -2.31. The molecule has 0 bridgehead atoms. The molecule has 1 fully saturated rings. The molecule has 7 heteroatoms. The van der Waals surface area contributed by atoms with Crippen LogP contribution in [0.25, 0.3) is 10.9 Å². The van der Waals surface area contributed by atoms with Crippen molar-refractivity contribution in [2.45, 2.75) is 6.42 Å². The summed E-state index contributed by atoms with van der Waals surface area (Å²) in [5.74, 6) is 0.313. The molecular weight excluding hydrogens is 342 g/mol. The molecule has 3 aromatic rings. The van der Waals surface area contributed by atoms with E-state index < -0.39 is 0 Å². The molecule has 1 N–H and O–H groups in total. The lowest BCUT2D eigenvalue weighted by Gasteiger charge is -2.18. The van der Waals surface area contributed by atoms with Crippen LogP contribution in [0.3, 0.4) is 0 Å². The van der Waals surface area contributed by atoms with Crippen molar-refractivity contribution in [3.05, 3.63) is 58.6 Å². The number of amides is 1. The zero-order chi connectivity index (χ0) is 19.0. The summed E-state index contributed by atoms with van der Waals surface area (Å²) in [6.45, 7) is 2.30. The van der Waals surface area contributed by atoms with Gasteiger partial charge in [-0.05, 0) is 30.5 Å². The van der Waals surface area contributed by atoms with Crippen molar-refractivity contribution in [1.29, 1.82) is 0 Å². The molecule has 1 saturated heterocycles. The Morgan fingerprint density at radius 2 is 2.15 bits per heavy atom. The molecule has 1 aliphatic rings. The van der Waals surface area contributed by atoms with Crippen LogP contribution in [0.4, 0.5) is 5.69 Å². The highest BCUT2D eigenvalue weighted by Gasteiger charge is 2.24. The number of hydrogen-bond donors (Lipinski definition) is 1. The summed E-state index contributed by atoms with van der Waals surface area (Å²) in [6, 6.07) is 9.38. The van der Waals surface area contributed by atoms with E-state index in [1.807, 2.05) is 42.1 Å². The van der Waals surface area contributed by atoms with Crippen molar-refractivity contribution >= 4 is 22.5 Å². The first-order valence-corrected chi connectivity index (χ1v) is 9.13. The summed E-state index contributed by atoms with van der Waals surface area (Å²) >= 11 is 0. The molecule has 140 valence electrons. The topological polar surface area (TPSA) is 72.2 Å². The highest BCUT2D eigenvalue weighted by atomic mass is 16.1. The summed E-state index contributed by atoms with van der Waals surface area (Å²) in [5, 5.41) is 8.13. The fraction of sp³-hybridized carbons (Fsp3) is 0.350. The maximum atomic E-state index is 12.7. The number of aryl methyl sites for hydroxylation is 2. The van der Waals surface area contributed by atoms with Gasteiger partial charge in [0.25, 0.3) is 11.5 Å². The van der Waals surface area contributed by atoms with E-state index in [0.717, 1.165) is 36.1 Å². The largest absolute Gasteiger partial charge is 0.370 e. The molecule has 7 nitrogen and oxygen atoms in total. The second-order valence-electron chi connectivity index (χ2n) is 7.15. The Morgan fingerprint density at radius 1 is 1.30 bits per heavy atom. The monoisotopic (exact) mass is 365 g/mol. The maximum absolute atomic E-state index is 12.7. The SMILES string of the molecule is Cn1ncc(N2CC[C@H](CNC(=O)c3cccc4c3ccn4C)C2)cc1=O. The number of rotatable bonds is 4. The lowest BCUT2D eigenvalue weighted by molar-refractivity contribution is 0.0950. The summed E-state index contributed by atoms with van der Waals surface area (Å²) < 4.78 is 3.33. The highest BCUT2D eigenvalue weighted by Crippen LogP contribution is 2.22. The van der Waals surface area contributed by atoms with Crippen molar-refractivity contribution in [2.75, 3.05) is 24.5 Å². The molecule has 1 atom stereocenters. The lowest BCUT2D eigenvalue weighted by atomic mass is 10.1. The Kier molecular flexibility index (Phi) is 4.43. The van der Waals surface area contributed by atoms with E-state index in [4.69, 9.17) is 0 Å². The van der Waals surface area contributed by atoms with E-state index in [2.05, 4.69) is 15.3 Å². The van der Waals surface area contributed by atoms with E-state index in [0.29, 0.717) is 18.0 Å². The van der Waals surface area contributed by atoms with Crippen LogP contribution in [0.1, 0.15) is 16.8 Å². The van der Waals surface area contributed by atoms with Gasteiger partial charge in [-0.15, -0.1) is 0 Å². The standard InChI is InChI=1S/C20H23N5O2/c1-23-8-7-16-17(4-3-5-18(16)23)20(27)21-11-14-6-9-25(13-14)15-10-19(26)24(2)22-12-15/h3-5,7-8,10,12,14H,6,9,11,13H2,1-2H3,(H,21,27)/t14-/m1/s1. The van der Waals surface area contributed by atoms with E-state index >= 15 is 0 Å². The summed E-state index contributed by atoms with van der Waals surface area (Å²) in [7, 11) is 3.62. The average molecular weight is 365 g/mol. The fourth-order valence-electron chi connectivity index (χ4n) is 3.70. The van der Waals surface area contributed by atoms with Crippen molar-refractivity contribution < 1.29 is 4.79 Å². The van der Waals surface area contributed by atoms with Gasteiger partial charge in [-0.1, -0.05) is 6.07 Å². The number of nitrogens with one attached hydrogen (secondary N) is 1. The Labute approximate surface area is 157 Å². The molecule has 0 spiro atoms. The molecule has 0 radical (unpaired) electrons. The minimum atomic E-state index is -0.111. The van der Waals surface area contributed by atoms with Crippen LogP contribution in [0.2, 0.25) is 0 Å². The van der Waals surface area contributed by atoms with Crippen molar-refractivity contribution in [3.63, 3.8) is 0 Å². The van der Waals surface area contributed by atoms with E-state index in [1.165, 1.54) is 4.68 Å². The van der Waals surface area contributed by atoms with Crippen LogP contribution in [0.15, 0.2) is 47.5 Å². The smallest absolute Gasteiger partial charge is 0.268 e. The van der Waals surface area contributed by atoms with E-state index in [9.17, 15) is 9.59 Å². The van der Waals surface area contributed by atoms with Crippen LogP contribution in [-0.2, 0) is 14.1 Å². The third kappa shape index (κ3) is 3.32. The van der Waals surface area contributed by atoms with Crippen LogP contribution in [-0.4, -0.2) is 39.9 Å². The summed E-state index contributed by atoms with van der Waals surface area (Å²) in [6.07, 6.45) is 4.66. The highest BCUT2D eigenvalue weighted by molar-refractivity contribution is 6.06. The zero-order valence-corrected chi connectivity index (χ0v) is 15.6. The van der Waals surface area contributed by atoms with Gasteiger partial charge >= 0.3 is 0 Å². The number of anilines is 1. The number of nitrogens with zero attached hydrogens (tertiary/aromatic N) is 4. The van der Waals surface area contributed by atoms with E-state index in [1.54, 1.807) is 19.3 Å². The number of benzene rings is 1. The molecule has 1 aliphatic heterocycles. The van der Waals surface area contributed by atoms with Gasteiger partial charge in [0.2, 0.25) is 0 Å². The average Bonchev–Trinajstić information content (AvgIpc) is 3.29. The molecule has 4 rings (SSSR count). The first-order chi connectivity index (χ1) is 13.0. The molecule has 1 amide bonds. The number of aromatic nitrogens is 3.